The molecule has 0 unspecified atom stereocenters. The first-order valence-electron chi connectivity index (χ1n) is 7.99. The van der Waals surface area contributed by atoms with Crippen molar-refractivity contribution in [2.24, 2.45) is 0 Å². The van der Waals surface area contributed by atoms with Gasteiger partial charge in [-0.25, -0.2) is 4.98 Å². The molecule has 2 heterocycles. The van der Waals surface area contributed by atoms with E-state index in [9.17, 15) is 4.79 Å². The molecule has 1 N–H and O–H groups in total. The minimum atomic E-state index is 0.00362. The van der Waals surface area contributed by atoms with Gasteiger partial charge in [0, 0.05) is 28.9 Å². The smallest absolute Gasteiger partial charge is 0.226 e. The second-order valence-electron chi connectivity index (χ2n) is 5.97. The predicted octanol–water partition coefficient (Wildman–Crippen LogP) is 3.15. The maximum Gasteiger partial charge on any atom is 0.226 e. The topological polar surface area (TPSA) is 64.9 Å². The Morgan fingerprint density at radius 1 is 1.32 bits per heavy atom. The third-order valence-electron chi connectivity index (χ3n) is 3.76. The van der Waals surface area contributed by atoms with E-state index >= 15 is 0 Å². The molecule has 0 bridgehead atoms. The lowest BCUT2D eigenvalue weighted by Crippen LogP contribution is -2.31. The van der Waals surface area contributed by atoms with Crippen molar-refractivity contribution in [2.75, 3.05) is 14.2 Å². The maximum absolute atomic E-state index is 12.0. The maximum atomic E-state index is 12.0. The van der Waals surface area contributed by atoms with Gasteiger partial charge in [0.25, 0.3) is 0 Å². The number of hydrogen-bond acceptors (Lipinski definition) is 5. The molecule has 6 nitrogen and oxygen atoms in total. The van der Waals surface area contributed by atoms with E-state index in [4.69, 9.17) is 9.47 Å². The highest BCUT2D eigenvalue weighted by atomic mass is 32.1. The second-order valence-corrected chi connectivity index (χ2v) is 6.81. The number of fused-ring (bicyclic) bond motifs is 1. The Morgan fingerprint density at radius 2 is 2.12 bits per heavy atom. The van der Waals surface area contributed by atoms with Crippen LogP contribution in [0.2, 0.25) is 0 Å². The van der Waals surface area contributed by atoms with Crippen LogP contribution in [0.3, 0.4) is 0 Å². The van der Waals surface area contributed by atoms with Crippen LogP contribution in [0, 0.1) is 0 Å². The monoisotopic (exact) mass is 359 g/mol. The largest absolute Gasteiger partial charge is 0.497 e. The molecule has 0 atom stereocenters. The van der Waals surface area contributed by atoms with Crippen LogP contribution in [0.1, 0.15) is 19.5 Å². The number of carbonyl (C=O) groups excluding carboxylic acids is 1. The van der Waals surface area contributed by atoms with Crippen LogP contribution < -0.4 is 14.8 Å². The summed E-state index contributed by atoms with van der Waals surface area (Å²) >= 11 is 1.51. The summed E-state index contributed by atoms with van der Waals surface area (Å²) < 4.78 is 12.7. The molecule has 0 aliphatic carbocycles. The summed E-state index contributed by atoms with van der Waals surface area (Å²) in [5.41, 5.74) is 2.56. The van der Waals surface area contributed by atoms with Crippen molar-refractivity contribution in [3.05, 3.63) is 35.5 Å². The summed E-state index contributed by atoms with van der Waals surface area (Å²) in [5.74, 6) is 1.47. The van der Waals surface area contributed by atoms with E-state index in [1.54, 1.807) is 14.2 Å². The fourth-order valence-electron chi connectivity index (χ4n) is 2.64. The van der Waals surface area contributed by atoms with E-state index in [1.165, 1.54) is 11.3 Å². The highest BCUT2D eigenvalue weighted by Gasteiger charge is 2.16. The van der Waals surface area contributed by atoms with Crippen molar-refractivity contribution in [3.8, 4) is 22.8 Å². The second kappa shape index (κ2) is 7.14. The van der Waals surface area contributed by atoms with Gasteiger partial charge in [0.15, 0.2) is 4.96 Å². The Bertz CT molecular complexity index is 898. The van der Waals surface area contributed by atoms with Gasteiger partial charge in [0.05, 0.1) is 26.3 Å². The number of imidazole rings is 1. The SMILES string of the molecule is COc1ccc(OC)c(-c2cn3c(CC(=O)NC(C)C)csc3n2)c1. The van der Waals surface area contributed by atoms with Crippen molar-refractivity contribution < 1.29 is 14.3 Å². The summed E-state index contributed by atoms with van der Waals surface area (Å²) in [6, 6.07) is 5.73. The minimum absolute atomic E-state index is 0.00362. The molecule has 1 aromatic carbocycles. The lowest BCUT2D eigenvalue weighted by Gasteiger charge is -2.08. The Balaban J connectivity index is 1.96. The molecule has 0 spiro atoms. The quantitative estimate of drug-likeness (QED) is 0.734. The molecule has 3 rings (SSSR count). The van der Waals surface area contributed by atoms with E-state index in [2.05, 4.69) is 10.3 Å². The van der Waals surface area contributed by atoms with E-state index in [-0.39, 0.29) is 11.9 Å². The molecular formula is C18H21N3O3S. The van der Waals surface area contributed by atoms with Gasteiger partial charge in [-0.3, -0.25) is 9.20 Å². The number of hydrogen-bond donors (Lipinski definition) is 1. The van der Waals surface area contributed by atoms with Crippen LogP contribution in [-0.4, -0.2) is 35.6 Å². The molecule has 0 aliphatic rings. The molecule has 0 aliphatic heterocycles. The van der Waals surface area contributed by atoms with E-state index in [0.717, 1.165) is 33.4 Å². The number of rotatable bonds is 6. The van der Waals surface area contributed by atoms with Gasteiger partial charge in [-0.1, -0.05) is 0 Å². The molecule has 25 heavy (non-hydrogen) atoms. The van der Waals surface area contributed by atoms with E-state index in [1.807, 2.05) is 48.0 Å². The summed E-state index contributed by atoms with van der Waals surface area (Å²) in [4.78, 5) is 17.6. The average molecular weight is 359 g/mol. The molecular weight excluding hydrogens is 338 g/mol. The zero-order valence-corrected chi connectivity index (χ0v) is 15.5. The highest BCUT2D eigenvalue weighted by Crippen LogP contribution is 2.34. The van der Waals surface area contributed by atoms with Crippen LogP contribution in [0.4, 0.5) is 0 Å². The third kappa shape index (κ3) is 3.61. The van der Waals surface area contributed by atoms with Crippen molar-refractivity contribution in [1.29, 1.82) is 0 Å². The Labute approximate surface area is 150 Å². The van der Waals surface area contributed by atoms with Gasteiger partial charge in [-0.15, -0.1) is 11.3 Å². The Hall–Kier alpha value is -2.54. The Morgan fingerprint density at radius 3 is 2.80 bits per heavy atom. The molecule has 0 saturated heterocycles. The average Bonchev–Trinajstić information content (AvgIpc) is 3.15. The van der Waals surface area contributed by atoms with Crippen LogP contribution in [0.25, 0.3) is 16.2 Å². The Kier molecular flexibility index (Phi) is 4.94. The fraction of sp³-hybridized carbons (Fsp3) is 0.333. The number of aromatic nitrogens is 2. The summed E-state index contributed by atoms with van der Waals surface area (Å²) in [7, 11) is 3.26. The first-order chi connectivity index (χ1) is 12.0. The van der Waals surface area contributed by atoms with E-state index in [0.29, 0.717) is 6.42 Å². The number of nitrogens with one attached hydrogen (secondary N) is 1. The normalized spacial score (nSPS) is 11.1. The van der Waals surface area contributed by atoms with Gasteiger partial charge in [-0.2, -0.15) is 0 Å². The lowest BCUT2D eigenvalue weighted by molar-refractivity contribution is -0.120. The van der Waals surface area contributed by atoms with Crippen LogP contribution in [-0.2, 0) is 11.2 Å². The van der Waals surface area contributed by atoms with Gasteiger partial charge < -0.3 is 14.8 Å². The number of nitrogens with zero attached hydrogens (tertiary/aromatic N) is 2. The molecule has 0 saturated carbocycles. The first-order valence-corrected chi connectivity index (χ1v) is 8.87. The molecule has 132 valence electrons. The van der Waals surface area contributed by atoms with Crippen molar-refractivity contribution in [1.82, 2.24) is 14.7 Å². The number of thiazole rings is 1. The standard InChI is InChI=1S/C18H21N3O3S/c1-11(2)19-17(22)7-12-10-25-18-20-15(9-21(12)18)14-8-13(23-3)5-6-16(14)24-4/h5-6,8-11H,7H2,1-4H3,(H,19,22). The third-order valence-corrected chi connectivity index (χ3v) is 4.65. The van der Waals surface area contributed by atoms with Crippen LogP contribution in [0.5, 0.6) is 11.5 Å². The lowest BCUT2D eigenvalue weighted by atomic mass is 10.1. The zero-order valence-electron chi connectivity index (χ0n) is 14.7. The van der Waals surface area contributed by atoms with Crippen LogP contribution in [0.15, 0.2) is 29.8 Å². The van der Waals surface area contributed by atoms with Gasteiger partial charge in [-0.05, 0) is 32.0 Å². The first kappa shape index (κ1) is 17.3. The van der Waals surface area contributed by atoms with E-state index < -0.39 is 0 Å². The highest BCUT2D eigenvalue weighted by molar-refractivity contribution is 7.15. The van der Waals surface area contributed by atoms with Crippen molar-refractivity contribution in [2.45, 2.75) is 26.3 Å². The van der Waals surface area contributed by atoms with Gasteiger partial charge >= 0.3 is 0 Å². The number of methoxy groups -OCH3 is 2. The molecule has 7 heteroatoms. The van der Waals surface area contributed by atoms with Crippen molar-refractivity contribution in [3.63, 3.8) is 0 Å². The number of carbonyl (C=O) groups is 1. The number of amides is 1. The minimum Gasteiger partial charge on any atom is -0.497 e. The number of ether oxygens (including phenoxy) is 2. The summed E-state index contributed by atoms with van der Waals surface area (Å²) in [6.07, 6.45) is 2.25. The predicted molar refractivity (Wildman–Crippen MR) is 98.6 cm³/mol. The molecule has 1 amide bonds. The van der Waals surface area contributed by atoms with Crippen molar-refractivity contribution >= 4 is 22.2 Å². The molecule has 0 radical (unpaired) electrons. The fourth-order valence-corrected chi connectivity index (χ4v) is 3.51. The number of benzene rings is 1. The molecule has 3 aromatic rings. The van der Waals surface area contributed by atoms with Gasteiger partial charge in [0.2, 0.25) is 5.91 Å². The van der Waals surface area contributed by atoms with Crippen LogP contribution >= 0.6 is 11.3 Å². The summed E-state index contributed by atoms with van der Waals surface area (Å²) in [5, 5.41) is 4.88. The zero-order chi connectivity index (χ0) is 18.0. The summed E-state index contributed by atoms with van der Waals surface area (Å²) in [6.45, 7) is 3.90. The van der Waals surface area contributed by atoms with Gasteiger partial charge in [0.1, 0.15) is 11.5 Å². The molecule has 0 fully saturated rings. The molecule has 2 aromatic heterocycles.